The Labute approximate surface area is 168 Å². The highest BCUT2D eigenvalue weighted by molar-refractivity contribution is 6.30. The van der Waals surface area contributed by atoms with E-state index < -0.39 is 36.1 Å². The third-order valence-corrected chi connectivity index (χ3v) is 4.88. The Hall–Kier alpha value is -2.79. The first-order valence-corrected chi connectivity index (χ1v) is 9.41. The van der Waals surface area contributed by atoms with E-state index in [1.54, 1.807) is 24.3 Å². The summed E-state index contributed by atoms with van der Waals surface area (Å²) >= 11 is 5.84. The average molecular weight is 407 g/mol. The predicted molar refractivity (Wildman–Crippen MR) is 102 cm³/mol. The lowest BCUT2D eigenvalue weighted by Crippen LogP contribution is -2.50. The van der Waals surface area contributed by atoms with Gasteiger partial charge in [0.15, 0.2) is 6.61 Å². The number of rotatable bonds is 7. The summed E-state index contributed by atoms with van der Waals surface area (Å²) in [7, 11) is 0. The second-order valence-corrected chi connectivity index (χ2v) is 7.22. The third-order valence-electron chi connectivity index (χ3n) is 4.62. The van der Waals surface area contributed by atoms with Crippen LogP contribution in [0.4, 0.5) is 4.79 Å². The van der Waals surface area contributed by atoms with Crippen molar-refractivity contribution in [1.82, 2.24) is 10.6 Å². The van der Waals surface area contributed by atoms with Crippen molar-refractivity contribution in [2.45, 2.75) is 50.1 Å². The fourth-order valence-corrected chi connectivity index (χ4v) is 3.34. The summed E-state index contributed by atoms with van der Waals surface area (Å²) in [4.78, 5) is 35.5. The van der Waals surface area contributed by atoms with Crippen molar-refractivity contribution in [1.29, 1.82) is 5.26 Å². The van der Waals surface area contributed by atoms with Crippen LogP contribution in [-0.2, 0) is 14.3 Å². The topological polar surface area (TPSA) is 134 Å². The van der Waals surface area contributed by atoms with Crippen LogP contribution in [0.3, 0.4) is 0 Å². The van der Waals surface area contributed by atoms with Crippen LogP contribution in [0.2, 0.25) is 5.02 Å². The molecule has 0 saturated heterocycles. The quantitative estimate of drug-likeness (QED) is 0.597. The molecular formula is C19H23ClN4O4. The molecule has 28 heavy (non-hydrogen) atoms. The molecule has 0 heterocycles. The van der Waals surface area contributed by atoms with E-state index in [2.05, 4.69) is 16.7 Å². The van der Waals surface area contributed by atoms with Crippen LogP contribution < -0.4 is 16.4 Å². The maximum Gasteiger partial charge on any atom is 0.312 e. The van der Waals surface area contributed by atoms with Crippen LogP contribution in [0.1, 0.15) is 50.1 Å². The number of carbonyl (C=O) groups excluding carboxylic acids is 3. The number of nitrogens with zero attached hydrogens (tertiary/aromatic N) is 1. The molecule has 1 atom stereocenters. The lowest BCUT2D eigenvalue weighted by Gasteiger charge is -2.31. The Morgan fingerprint density at radius 3 is 2.43 bits per heavy atom. The molecule has 9 heteroatoms. The van der Waals surface area contributed by atoms with Gasteiger partial charge in [0, 0.05) is 5.02 Å². The molecule has 150 valence electrons. The molecule has 0 bridgehead atoms. The number of benzene rings is 1. The molecule has 1 saturated carbocycles. The van der Waals surface area contributed by atoms with E-state index in [0.29, 0.717) is 23.4 Å². The van der Waals surface area contributed by atoms with E-state index in [1.807, 2.05) is 0 Å². The Morgan fingerprint density at radius 1 is 1.21 bits per heavy atom. The van der Waals surface area contributed by atoms with Crippen molar-refractivity contribution in [3.05, 3.63) is 34.9 Å². The number of hydrogen-bond acceptors (Lipinski definition) is 5. The lowest BCUT2D eigenvalue weighted by atomic mass is 9.83. The number of urea groups is 1. The van der Waals surface area contributed by atoms with Crippen LogP contribution in [0, 0.1) is 11.3 Å². The molecule has 1 aromatic rings. The Kier molecular flexibility index (Phi) is 7.64. The van der Waals surface area contributed by atoms with Gasteiger partial charge in [0.2, 0.25) is 0 Å². The highest BCUT2D eigenvalue weighted by Crippen LogP contribution is 2.27. The van der Waals surface area contributed by atoms with E-state index in [9.17, 15) is 19.6 Å². The molecule has 1 aromatic carbocycles. The summed E-state index contributed by atoms with van der Waals surface area (Å²) in [6.45, 7) is -0.494. The second-order valence-electron chi connectivity index (χ2n) is 6.78. The highest BCUT2D eigenvalue weighted by atomic mass is 35.5. The van der Waals surface area contributed by atoms with Crippen molar-refractivity contribution in [2.24, 2.45) is 5.73 Å². The van der Waals surface area contributed by atoms with E-state index >= 15 is 0 Å². The van der Waals surface area contributed by atoms with Crippen molar-refractivity contribution in [3.8, 4) is 6.07 Å². The SMILES string of the molecule is N#CC1(NC(=O)COC(=O)C[C@@H](NC(N)=O)c2ccc(Cl)cc2)CCCCC1. The number of primary amides is 1. The van der Waals surface area contributed by atoms with Gasteiger partial charge in [-0.2, -0.15) is 5.26 Å². The Balaban J connectivity index is 1.89. The largest absolute Gasteiger partial charge is 0.456 e. The van der Waals surface area contributed by atoms with Gasteiger partial charge in [-0.1, -0.05) is 43.0 Å². The number of nitriles is 1. The third kappa shape index (κ3) is 6.43. The zero-order valence-electron chi connectivity index (χ0n) is 15.4. The van der Waals surface area contributed by atoms with Crippen LogP contribution in [0.5, 0.6) is 0 Å². The molecule has 8 nitrogen and oxygen atoms in total. The molecule has 0 radical (unpaired) electrons. The molecule has 0 aliphatic heterocycles. The molecule has 1 aliphatic rings. The average Bonchev–Trinajstić information content (AvgIpc) is 2.67. The van der Waals surface area contributed by atoms with Crippen molar-refractivity contribution in [2.75, 3.05) is 6.61 Å². The number of nitrogens with one attached hydrogen (secondary N) is 2. The number of ether oxygens (including phenoxy) is 1. The molecule has 1 fully saturated rings. The van der Waals surface area contributed by atoms with Gasteiger partial charge in [0.1, 0.15) is 5.54 Å². The van der Waals surface area contributed by atoms with Crippen LogP contribution in [0.25, 0.3) is 0 Å². The first kappa shape index (κ1) is 21.5. The molecule has 0 spiro atoms. The monoisotopic (exact) mass is 406 g/mol. The summed E-state index contributed by atoms with van der Waals surface area (Å²) in [5.74, 6) is -1.21. The number of carbonyl (C=O) groups is 3. The normalized spacial score (nSPS) is 16.3. The maximum atomic E-state index is 12.1. The minimum atomic E-state index is -0.888. The van der Waals surface area contributed by atoms with Gasteiger partial charge in [-0.05, 0) is 30.5 Å². The number of amides is 3. The van der Waals surface area contributed by atoms with Gasteiger partial charge in [0.25, 0.3) is 5.91 Å². The van der Waals surface area contributed by atoms with Crippen LogP contribution >= 0.6 is 11.6 Å². The zero-order chi connectivity index (χ0) is 20.6. The molecular weight excluding hydrogens is 384 g/mol. The smallest absolute Gasteiger partial charge is 0.312 e. The highest BCUT2D eigenvalue weighted by Gasteiger charge is 2.33. The van der Waals surface area contributed by atoms with Crippen molar-refractivity contribution >= 4 is 29.5 Å². The van der Waals surface area contributed by atoms with Crippen LogP contribution in [-0.4, -0.2) is 30.1 Å². The number of halogens is 1. The molecule has 3 amide bonds. The van der Waals surface area contributed by atoms with E-state index in [-0.39, 0.29) is 6.42 Å². The number of nitrogens with two attached hydrogens (primary N) is 1. The van der Waals surface area contributed by atoms with Crippen LogP contribution in [0.15, 0.2) is 24.3 Å². The fourth-order valence-electron chi connectivity index (χ4n) is 3.21. The summed E-state index contributed by atoms with van der Waals surface area (Å²) in [6.07, 6.45) is 3.74. The molecule has 2 rings (SSSR count). The Bertz CT molecular complexity index is 754. The van der Waals surface area contributed by atoms with E-state index in [1.165, 1.54) is 0 Å². The summed E-state index contributed by atoms with van der Waals surface area (Å²) in [6, 6.07) is 7.22. The second kappa shape index (κ2) is 9.95. The standard InChI is InChI=1S/C19H23ClN4O4/c20-14-6-4-13(5-7-14)15(23-18(22)27)10-17(26)28-11-16(25)24-19(12-21)8-2-1-3-9-19/h4-7,15H,1-3,8-11H2,(H,24,25)(H3,22,23,27)/t15-/m1/s1. The van der Waals surface area contributed by atoms with Gasteiger partial charge in [0.05, 0.1) is 18.5 Å². The molecule has 4 N–H and O–H groups in total. The minimum Gasteiger partial charge on any atom is -0.456 e. The summed E-state index contributed by atoms with van der Waals surface area (Å²) < 4.78 is 5.01. The van der Waals surface area contributed by atoms with E-state index in [0.717, 1.165) is 19.3 Å². The maximum absolute atomic E-state index is 12.1. The summed E-state index contributed by atoms with van der Waals surface area (Å²) in [5.41, 5.74) is 4.90. The predicted octanol–water partition coefficient (Wildman–Crippen LogP) is 2.33. The van der Waals surface area contributed by atoms with E-state index in [4.69, 9.17) is 22.1 Å². The van der Waals surface area contributed by atoms with Crippen molar-refractivity contribution < 1.29 is 19.1 Å². The Morgan fingerprint density at radius 2 is 1.86 bits per heavy atom. The van der Waals surface area contributed by atoms with Gasteiger partial charge in [-0.25, -0.2) is 4.79 Å². The lowest BCUT2D eigenvalue weighted by molar-refractivity contribution is -0.149. The molecule has 0 aromatic heterocycles. The summed E-state index contributed by atoms with van der Waals surface area (Å²) in [5, 5.41) is 15.0. The fraction of sp³-hybridized carbons (Fsp3) is 0.474. The molecule has 0 unspecified atom stereocenters. The number of hydrogen-bond donors (Lipinski definition) is 3. The first-order chi connectivity index (χ1) is 13.3. The van der Waals surface area contributed by atoms with Gasteiger partial charge in [-0.3, -0.25) is 9.59 Å². The van der Waals surface area contributed by atoms with Gasteiger partial charge >= 0.3 is 12.0 Å². The minimum absolute atomic E-state index is 0.207. The van der Waals surface area contributed by atoms with Gasteiger partial charge in [-0.15, -0.1) is 0 Å². The first-order valence-electron chi connectivity index (χ1n) is 9.03. The van der Waals surface area contributed by atoms with Gasteiger partial charge < -0.3 is 21.1 Å². The number of esters is 1. The van der Waals surface area contributed by atoms with Crippen molar-refractivity contribution in [3.63, 3.8) is 0 Å². The molecule has 1 aliphatic carbocycles. The zero-order valence-corrected chi connectivity index (χ0v) is 16.1.